The maximum atomic E-state index is 9.30. The summed E-state index contributed by atoms with van der Waals surface area (Å²) in [4.78, 5) is 0. The third-order valence-corrected chi connectivity index (χ3v) is 3.97. The molecular weight excluding hydrogens is 312 g/mol. The predicted octanol–water partition coefficient (Wildman–Crippen LogP) is 3.32. The standard InChI is InChI=1S/C18H17ClN2O2/c19-15-6-7-16(14(10-15)11-20)23-18(13-4-2-1-3-5-13)17-12-21-8-9-22-17/h1-7,10,17-18,21H,8-9,12H2/t17-,18-/m1/s1. The van der Waals surface area contributed by atoms with E-state index in [1.165, 1.54) is 0 Å². The van der Waals surface area contributed by atoms with Gasteiger partial charge in [0.25, 0.3) is 0 Å². The molecule has 1 fully saturated rings. The Morgan fingerprint density at radius 2 is 2.09 bits per heavy atom. The van der Waals surface area contributed by atoms with Crippen LogP contribution in [0.15, 0.2) is 48.5 Å². The van der Waals surface area contributed by atoms with Crippen LogP contribution in [0.2, 0.25) is 5.02 Å². The quantitative estimate of drug-likeness (QED) is 0.935. The van der Waals surface area contributed by atoms with Gasteiger partial charge in [0.1, 0.15) is 17.9 Å². The number of rotatable bonds is 4. The van der Waals surface area contributed by atoms with E-state index in [4.69, 9.17) is 21.1 Å². The fourth-order valence-corrected chi connectivity index (χ4v) is 2.78. The van der Waals surface area contributed by atoms with Crippen LogP contribution >= 0.6 is 11.6 Å². The van der Waals surface area contributed by atoms with Crippen LogP contribution in [-0.2, 0) is 4.74 Å². The number of hydrogen-bond donors (Lipinski definition) is 1. The highest BCUT2D eigenvalue weighted by molar-refractivity contribution is 6.30. The molecule has 0 aromatic heterocycles. The lowest BCUT2D eigenvalue weighted by Gasteiger charge is -2.31. The molecule has 0 bridgehead atoms. The van der Waals surface area contributed by atoms with Crippen molar-refractivity contribution in [1.29, 1.82) is 5.26 Å². The van der Waals surface area contributed by atoms with Gasteiger partial charge in [0, 0.05) is 18.1 Å². The Kier molecular flexibility index (Phi) is 5.14. The molecule has 0 spiro atoms. The van der Waals surface area contributed by atoms with Crippen molar-refractivity contribution in [2.45, 2.75) is 12.2 Å². The van der Waals surface area contributed by atoms with Gasteiger partial charge in [-0.15, -0.1) is 0 Å². The SMILES string of the molecule is N#Cc1cc(Cl)ccc1O[C@H](c1ccccc1)[C@H]1CNCCO1. The van der Waals surface area contributed by atoms with E-state index in [-0.39, 0.29) is 12.2 Å². The van der Waals surface area contributed by atoms with Gasteiger partial charge in [0.2, 0.25) is 0 Å². The topological polar surface area (TPSA) is 54.3 Å². The molecule has 1 saturated heterocycles. The molecule has 0 radical (unpaired) electrons. The fraction of sp³-hybridized carbons (Fsp3) is 0.278. The number of hydrogen-bond acceptors (Lipinski definition) is 4. The molecular formula is C18H17ClN2O2. The van der Waals surface area contributed by atoms with Gasteiger partial charge < -0.3 is 14.8 Å². The van der Waals surface area contributed by atoms with Gasteiger partial charge in [0.15, 0.2) is 6.10 Å². The molecule has 4 nitrogen and oxygen atoms in total. The number of nitrogens with one attached hydrogen (secondary N) is 1. The molecule has 0 saturated carbocycles. The smallest absolute Gasteiger partial charge is 0.151 e. The molecule has 1 aliphatic heterocycles. The van der Waals surface area contributed by atoms with Crippen molar-refractivity contribution in [1.82, 2.24) is 5.32 Å². The van der Waals surface area contributed by atoms with Crippen LogP contribution in [-0.4, -0.2) is 25.8 Å². The van der Waals surface area contributed by atoms with Crippen LogP contribution in [0.25, 0.3) is 0 Å². The molecule has 2 aromatic rings. The average molecular weight is 329 g/mol. The first-order chi connectivity index (χ1) is 11.3. The summed E-state index contributed by atoms with van der Waals surface area (Å²) in [5.41, 5.74) is 1.43. The summed E-state index contributed by atoms with van der Waals surface area (Å²) < 4.78 is 12.0. The minimum atomic E-state index is -0.294. The monoisotopic (exact) mass is 328 g/mol. The van der Waals surface area contributed by atoms with Gasteiger partial charge in [-0.3, -0.25) is 0 Å². The molecule has 1 aliphatic rings. The Balaban J connectivity index is 1.91. The van der Waals surface area contributed by atoms with Gasteiger partial charge in [-0.05, 0) is 23.8 Å². The van der Waals surface area contributed by atoms with Crippen molar-refractivity contribution in [3.8, 4) is 11.8 Å². The molecule has 1 heterocycles. The number of morpholine rings is 1. The van der Waals surface area contributed by atoms with E-state index in [0.717, 1.165) is 12.1 Å². The predicted molar refractivity (Wildman–Crippen MR) is 88.6 cm³/mol. The molecule has 118 valence electrons. The zero-order chi connectivity index (χ0) is 16.1. The summed E-state index contributed by atoms with van der Waals surface area (Å²) in [6.07, 6.45) is -0.411. The van der Waals surface area contributed by atoms with Crippen molar-refractivity contribution >= 4 is 11.6 Å². The summed E-state index contributed by atoms with van der Waals surface area (Å²) in [6, 6.07) is 17.1. The lowest BCUT2D eigenvalue weighted by atomic mass is 10.0. The number of halogens is 1. The third-order valence-electron chi connectivity index (χ3n) is 3.74. The second-order valence-corrected chi connectivity index (χ2v) is 5.75. The molecule has 2 aromatic carbocycles. The highest BCUT2D eigenvalue weighted by Gasteiger charge is 2.28. The Bertz CT molecular complexity index is 694. The van der Waals surface area contributed by atoms with Crippen molar-refractivity contribution in [3.05, 3.63) is 64.7 Å². The van der Waals surface area contributed by atoms with E-state index in [9.17, 15) is 5.26 Å². The first-order valence-corrected chi connectivity index (χ1v) is 7.89. The summed E-state index contributed by atoms with van der Waals surface area (Å²) in [7, 11) is 0. The molecule has 3 rings (SSSR count). The van der Waals surface area contributed by atoms with Crippen molar-refractivity contribution < 1.29 is 9.47 Å². The fourth-order valence-electron chi connectivity index (χ4n) is 2.61. The largest absolute Gasteiger partial charge is 0.482 e. The van der Waals surface area contributed by atoms with Crippen molar-refractivity contribution in [2.75, 3.05) is 19.7 Å². The lowest BCUT2D eigenvalue weighted by molar-refractivity contribution is -0.0433. The summed E-state index contributed by atoms with van der Waals surface area (Å²) in [5, 5.41) is 13.1. The number of ether oxygens (including phenoxy) is 2. The minimum absolute atomic E-state index is 0.117. The van der Waals surface area contributed by atoms with Gasteiger partial charge in [-0.1, -0.05) is 41.9 Å². The molecule has 0 unspecified atom stereocenters. The minimum Gasteiger partial charge on any atom is -0.482 e. The Morgan fingerprint density at radius 3 is 2.78 bits per heavy atom. The molecule has 1 N–H and O–H groups in total. The van der Waals surface area contributed by atoms with Crippen LogP contribution in [0.4, 0.5) is 0 Å². The second-order valence-electron chi connectivity index (χ2n) is 5.31. The Labute approximate surface area is 140 Å². The van der Waals surface area contributed by atoms with E-state index >= 15 is 0 Å². The molecule has 5 heteroatoms. The van der Waals surface area contributed by atoms with E-state index in [0.29, 0.717) is 29.5 Å². The summed E-state index contributed by atoms with van der Waals surface area (Å²) in [5.74, 6) is 0.514. The Morgan fingerprint density at radius 1 is 1.26 bits per heavy atom. The average Bonchev–Trinajstić information content (AvgIpc) is 2.62. The van der Waals surface area contributed by atoms with Crippen LogP contribution in [0.3, 0.4) is 0 Å². The zero-order valence-corrected chi connectivity index (χ0v) is 13.3. The Hall–Kier alpha value is -2.06. The van der Waals surface area contributed by atoms with Gasteiger partial charge in [-0.25, -0.2) is 0 Å². The molecule has 23 heavy (non-hydrogen) atoms. The van der Waals surface area contributed by atoms with Crippen LogP contribution in [0.5, 0.6) is 5.75 Å². The van der Waals surface area contributed by atoms with Crippen LogP contribution in [0.1, 0.15) is 17.2 Å². The van der Waals surface area contributed by atoms with Gasteiger partial charge in [-0.2, -0.15) is 5.26 Å². The van der Waals surface area contributed by atoms with Crippen LogP contribution in [0, 0.1) is 11.3 Å². The van der Waals surface area contributed by atoms with E-state index < -0.39 is 0 Å². The zero-order valence-electron chi connectivity index (χ0n) is 12.5. The normalized spacial score (nSPS) is 18.9. The second kappa shape index (κ2) is 7.47. The number of nitrogens with zero attached hydrogens (tertiary/aromatic N) is 1. The van der Waals surface area contributed by atoms with Crippen molar-refractivity contribution in [3.63, 3.8) is 0 Å². The first-order valence-electron chi connectivity index (χ1n) is 7.51. The molecule has 2 atom stereocenters. The maximum Gasteiger partial charge on any atom is 0.151 e. The first kappa shape index (κ1) is 15.8. The highest BCUT2D eigenvalue weighted by atomic mass is 35.5. The van der Waals surface area contributed by atoms with Crippen molar-refractivity contribution in [2.24, 2.45) is 0 Å². The maximum absolute atomic E-state index is 9.30. The molecule has 0 aliphatic carbocycles. The van der Waals surface area contributed by atoms with Gasteiger partial charge >= 0.3 is 0 Å². The number of benzene rings is 2. The van der Waals surface area contributed by atoms with Gasteiger partial charge in [0.05, 0.1) is 12.2 Å². The van der Waals surface area contributed by atoms with E-state index in [1.807, 2.05) is 30.3 Å². The third kappa shape index (κ3) is 3.83. The highest BCUT2D eigenvalue weighted by Crippen LogP contribution is 2.30. The van der Waals surface area contributed by atoms with E-state index in [2.05, 4.69) is 11.4 Å². The molecule has 0 amide bonds. The summed E-state index contributed by atoms with van der Waals surface area (Å²) in [6.45, 7) is 2.18. The summed E-state index contributed by atoms with van der Waals surface area (Å²) >= 11 is 5.96. The lowest BCUT2D eigenvalue weighted by Crippen LogP contribution is -2.43. The number of nitriles is 1. The van der Waals surface area contributed by atoms with E-state index in [1.54, 1.807) is 18.2 Å². The van der Waals surface area contributed by atoms with Crippen LogP contribution < -0.4 is 10.1 Å².